The van der Waals surface area contributed by atoms with Crippen LogP contribution in [0.25, 0.3) is 0 Å². The van der Waals surface area contributed by atoms with Crippen LogP contribution < -0.4 is 0 Å². The van der Waals surface area contributed by atoms with Crippen LogP contribution in [0.15, 0.2) is 22.8 Å². The summed E-state index contributed by atoms with van der Waals surface area (Å²) in [4.78, 5) is 12.7. The van der Waals surface area contributed by atoms with Crippen LogP contribution in [-0.4, -0.2) is 17.0 Å². The molecule has 0 aromatic rings. The average Bonchev–Trinajstić information content (AvgIpc) is 3.13. The fourth-order valence-corrected chi connectivity index (χ4v) is 9.10. The van der Waals surface area contributed by atoms with E-state index in [0.29, 0.717) is 23.5 Å². The molecule has 4 aliphatic rings. The number of carbonyl (C=O) groups is 1. The summed E-state index contributed by atoms with van der Waals surface area (Å²) in [6.07, 6.45) is 14.4. The summed E-state index contributed by atoms with van der Waals surface area (Å²) in [5.74, 6) is 2.61. The Balaban J connectivity index is 1.53. The predicted molar refractivity (Wildman–Crippen MR) is 138 cm³/mol. The lowest BCUT2D eigenvalue weighted by molar-refractivity contribution is -0.123. The maximum atomic E-state index is 12.7. The van der Waals surface area contributed by atoms with E-state index >= 15 is 0 Å². The van der Waals surface area contributed by atoms with E-state index in [0.717, 1.165) is 38.5 Å². The van der Waals surface area contributed by atoms with Crippen molar-refractivity contribution in [2.24, 2.45) is 39.9 Å². The van der Waals surface area contributed by atoms with Gasteiger partial charge in [-0.25, -0.2) is 0 Å². The van der Waals surface area contributed by atoms with Gasteiger partial charge in [0.25, 0.3) is 0 Å². The molecule has 0 spiro atoms. The van der Waals surface area contributed by atoms with Crippen molar-refractivity contribution in [2.45, 2.75) is 125 Å². The van der Waals surface area contributed by atoms with Gasteiger partial charge >= 0.3 is 0 Å². The minimum Gasteiger partial charge on any atom is -0.393 e. The SMILES string of the molecule is CCC(CC)C(=O)CC[C@@H](C)[C@H]1CC=C2C3=C(CC[C@@]21C)[C@@]1(C)CC[C@H](O)C(C)(C)[C@@H]1CC3. The van der Waals surface area contributed by atoms with Crippen LogP contribution in [0.5, 0.6) is 0 Å². The average molecular weight is 455 g/mol. The summed E-state index contributed by atoms with van der Waals surface area (Å²) < 4.78 is 0. The molecule has 33 heavy (non-hydrogen) atoms. The fourth-order valence-electron chi connectivity index (χ4n) is 9.10. The summed E-state index contributed by atoms with van der Waals surface area (Å²) >= 11 is 0. The van der Waals surface area contributed by atoms with Crippen LogP contribution >= 0.6 is 0 Å². The molecule has 0 saturated heterocycles. The number of aliphatic hydroxyl groups is 1. The second kappa shape index (κ2) is 8.96. The lowest BCUT2D eigenvalue weighted by atomic mass is 9.46. The lowest BCUT2D eigenvalue weighted by Crippen LogP contribution is -2.53. The number of hydrogen-bond acceptors (Lipinski definition) is 2. The van der Waals surface area contributed by atoms with Crippen molar-refractivity contribution >= 4 is 5.78 Å². The third-order valence-corrected chi connectivity index (χ3v) is 11.4. The van der Waals surface area contributed by atoms with Crippen molar-refractivity contribution in [2.75, 3.05) is 0 Å². The zero-order valence-corrected chi connectivity index (χ0v) is 22.6. The summed E-state index contributed by atoms with van der Waals surface area (Å²) in [6, 6.07) is 0. The highest BCUT2D eigenvalue weighted by atomic mass is 16.3. The lowest BCUT2D eigenvalue weighted by Gasteiger charge is -2.59. The molecule has 0 aromatic heterocycles. The van der Waals surface area contributed by atoms with Crippen molar-refractivity contribution in [3.8, 4) is 0 Å². The smallest absolute Gasteiger partial charge is 0.135 e. The van der Waals surface area contributed by atoms with Gasteiger partial charge in [0.1, 0.15) is 5.78 Å². The number of allylic oxidation sites excluding steroid dienone is 4. The Kier molecular flexibility index (Phi) is 6.84. The van der Waals surface area contributed by atoms with Gasteiger partial charge in [0, 0.05) is 12.3 Å². The number of carbonyl (C=O) groups excluding carboxylic acids is 1. The van der Waals surface area contributed by atoms with Gasteiger partial charge in [-0.15, -0.1) is 0 Å². The van der Waals surface area contributed by atoms with Crippen LogP contribution in [0.4, 0.5) is 0 Å². The first-order chi connectivity index (χ1) is 15.5. The fraction of sp³-hybridized carbons (Fsp3) is 0.839. The zero-order chi connectivity index (χ0) is 24.2. The normalized spacial score (nSPS) is 38.5. The largest absolute Gasteiger partial charge is 0.393 e. The molecule has 0 aromatic carbocycles. The van der Waals surface area contributed by atoms with Crippen LogP contribution in [0.3, 0.4) is 0 Å². The number of Topliss-reactive ketones (excluding diaryl/α,β-unsaturated/α-hetero) is 1. The van der Waals surface area contributed by atoms with E-state index in [2.05, 4.69) is 54.5 Å². The van der Waals surface area contributed by atoms with Crippen molar-refractivity contribution in [3.63, 3.8) is 0 Å². The molecule has 0 amide bonds. The van der Waals surface area contributed by atoms with E-state index in [4.69, 9.17) is 0 Å². The first kappa shape index (κ1) is 25.2. The van der Waals surface area contributed by atoms with Gasteiger partial charge in [-0.3, -0.25) is 4.79 Å². The Hall–Kier alpha value is -0.890. The highest BCUT2D eigenvalue weighted by Gasteiger charge is 2.57. The topological polar surface area (TPSA) is 37.3 Å². The molecule has 2 heteroatoms. The molecule has 0 heterocycles. The summed E-state index contributed by atoms with van der Waals surface area (Å²) in [6.45, 7) is 16.4. The molecule has 4 rings (SSSR count). The predicted octanol–water partition coefficient (Wildman–Crippen LogP) is 8.05. The number of rotatable bonds is 7. The van der Waals surface area contributed by atoms with Crippen molar-refractivity contribution in [1.82, 2.24) is 0 Å². The third kappa shape index (κ3) is 3.91. The molecule has 1 N–H and O–H groups in total. The van der Waals surface area contributed by atoms with E-state index in [1.165, 1.54) is 32.1 Å². The summed E-state index contributed by atoms with van der Waals surface area (Å²) in [7, 11) is 0. The zero-order valence-electron chi connectivity index (χ0n) is 22.6. The van der Waals surface area contributed by atoms with Crippen LogP contribution in [0.2, 0.25) is 0 Å². The second-order valence-electron chi connectivity index (χ2n) is 13.2. The minimum absolute atomic E-state index is 0.00869. The molecule has 0 unspecified atom stereocenters. The van der Waals surface area contributed by atoms with Gasteiger partial charge in [0.2, 0.25) is 0 Å². The van der Waals surface area contributed by atoms with E-state index in [1.807, 2.05) is 0 Å². The number of ketones is 1. The first-order valence-corrected chi connectivity index (χ1v) is 14.1. The van der Waals surface area contributed by atoms with Gasteiger partial charge < -0.3 is 5.11 Å². The number of hydrogen-bond donors (Lipinski definition) is 1. The first-order valence-electron chi connectivity index (χ1n) is 14.1. The Morgan fingerprint density at radius 2 is 1.76 bits per heavy atom. The highest BCUT2D eigenvalue weighted by molar-refractivity contribution is 5.80. The highest BCUT2D eigenvalue weighted by Crippen LogP contribution is 2.66. The van der Waals surface area contributed by atoms with Gasteiger partial charge in [-0.05, 0) is 109 Å². The molecular formula is C31H50O2. The van der Waals surface area contributed by atoms with Crippen molar-refractivity contribution in [1.29, 1.82) is 0 Å². The molecule has 2 nitrogen and oxygen atoms in total. The maximum absolute atomic E-state index is 12.7. The standard InChI is InChI=1S/C31H50O2/c1-8-21(9-2)26(32)14-10-20(3)23-12-13-24-22-11-15-27-29(4,5)28(33)17-19-31(27,7)25(22)16-18-30(23,24)6/h13,20-21,23,27-28,33H,8-12,14-19H2,1-7H3/t20-,23-,27+,28+,30-,31-/m1/s1. The third-order valence-electron chi connectivity index (χ3n) is 11.4. The van der Waals surface area contributed by atoms with Gasteiger partial charge in [0.05, 0.1) is 6.10 Å². The van der Waals surface area contributed by atoms with E-state index < -0.39 is 0 Å². The van der Waals surface area contributed by atoms with Gasteiger partial charge in [-0.1, -0.05) is 60.1 Å². The maximum Gasteiger partial charge on any atom is 0.135 e. The van der Waals surface area contributed by atoms with Crippen molar-refractivity contribution in [3.05, 3.63) is 22.8 Å². The molecule has 0 radical (unpaired) electrons. The molecular weight excluding hydrogens is 404 g/mol. The quantitative estimate of drug-likeness (QED) is 0.422. The molecule has 186 valence electrons. The minimum atomic E-state index is -0.162. The molecule has 0 aliphatic heterocycles. The van der Waals surface area contributed by atoms with Crippen LogP contribution in [0, 0.1) is 39.9 Å². The van der Waals surface area contributed by atoms with Gasteiger partial charge in [-0.2, -0.15) is 0 Å². The summed E-state index contributed by atoms with van der Waals surface area (Å²) in [5.41, 5.74) is 5.68. The van der Waals surface area contributed by atoms with E-state index in [9.17, 15) is 9.90 Å². The second-order valence-corrected chi connectivity index (χ2v) is 13.2. The molecule has 6 atom stereocenters. The Morgan fingerprint density at radius 1 is 1.06 bits per heavy atom. The van der Waals surface area contributed by atoms with Gasteiger partial charge in [0.15, 0.2) is 0 Å². The molecule has 1 saturated carbocycles. The van der Waals surface area contributed by atoms with Crippen LogP contribution in [0.1, 0.15) is 119 Å². The molecule has 0 bridgehead atoms. The number of aliphatic hydroxyl groups excluding tert-OH is 1. The Labute approximate surface area is 203 Å². The van der Waals surface area contributed by atoms with E-state index in [-0.39, 0.29) is 28.3 Å². The monoisotopic (exact) mass is 454 g/mol. The number of fused-ring (bicyclic) bond motifs is 4. The Morgan fingerprint density at radius 3 is 2.42 bits per heavy atom. The molecule has 4 aliphatic carbocycles. The van der Waals surface area contributed by atoms with Crippen molar-refractivity contribution < 1.29 is 9.90 Å². The Bertz CT molecular complexity index is 828. The molecule has 1 fully saturated rings. The van der Waals surface area contributed by atoms with E-state index in [1.54, 1.807) is 16.7 Å². The van der Waals surface area contributed by atoms with Crippen LogP contribution in [-0.2, 0) is 4.79 Å². The summed E-state index contributed by atoms with van der Waals surface area (Å²) in [5, 5.41) is 10.8.